The van der Waals surface area contributed by atoms with Gasteiger partial charge < -0.3 is 15.2 Å². The summed E-state index contributed by atoms with van der Waals surface area (Å²) in [7, 11) is 1.31. The number of rotatable bonds is 6. The number of alkyl halides is 2. The topological polar surface area (TPSA) is 84.6 Å². The van der Waals surface area contributed by atoms with Crippen molar-refractivity contribution in [3.8, 4) is 5.75 Å². The van der Waals surface area contributed by atoms with Crippen LogP contribution in [0.4, 0.5) is 20.2 Å². The fourth-order valence-electron chi connectivity index (χ4n) is 1.20. The van der Waals surface area contributed by atoms with Crippen molar-refractivity contribution in [2.45, 2.75) is 5.92 Å². The SMILES string of the molecule is COc1cc(NCC(F)(F)CO)cc([N+](=O)[O-])c1. The fraction of sp³-hybridized carbons (Fsp3) is 0.400. The van der Waals surface area contributed by atoms with Crippen molar-refractivity contribution in [2.24, 2.45) is 0 Å². The average Bonchev–Trinajstić information content (AvgIpc) is 2.36. The van der Waals surface area contributed by atoms with E-state index in [1.807, 2.05) is 0 Å². The molecule has 0 saturated carbocycles. The highest BCUT2D eigenvalue weighted by molar-refractivity contribution is 5.56. The van der Waals surface area contributed by atoms with Crippen LogP contribution in [-0.4, -0.2) is 36.2 Å². The third-order valence-corrected chi connectivity index (χ3v) is 2.12. The van der Waals surface area contributed by atoms with Crippen LogP contribution in [0.5, 0.6) is 5.75 Å². The van der Waals surface area contributed by atoms with Gasteiger partial charge in [-0.2, -0.15) is 0 Å². The van der Waals surface area contributed by atoms with Gasteiger partial charge in [-0.25, -0.2) is 8.78 Å². The number of anilines is 1. The zero-order valence-electron chi connectivity index (χ0n) is 9.52. The summed E-state index contributed by atoms with van der Waals surface area (Å²) in [5, 5.41) is 21.3. The number of nitro groups is 1. The molecule has 0 aliphatic carbocycles. The molecule has 0 bridgehead atoms. The second-order valence-corrected chi connectivity index (χ2v) is 3.54. The number of hydrogen-bond acceptors (Lipinski definition) is 5. The molecule has 0 aliphatic heterocycles. The maximum Gasteiger partial charge on any atom is 0.287 e. The van der Waals surface area contributed by atoms with E-state index < -0.39 is 24.0 Å². The summed E-state index contributed by atoms with van der Waals surface area (Å²) >= 11 is 0. The monoisotopic (exact) mass is 262 g/mol. The van der Waals surface area contributed by atoms with Gasteiger partial charge in [-0.05, 0) is 0 Å². The zero-order chi connectivity index (χ0) is 13.8. The highest BCUT2D eigenvalue weighted by Gasteiger charge is 2.27. The molecule has 1 rings (SSSR count). The first-order valence-corrected chi connectivity index (χ1v) is 4.94. The summed E-state index contributed by atoms with van der Waals surface area (Å²) in [6, 6.07) is 3.63. The van der Waals surface area contributed by atoms with E-state index in [-0.39, 0.29) is 17.1 Å². The molecule has 100 valence electrons. The third kappa shape index (κ3) is 3.81. The molecule has 1 aromatic rings. The molecule has 0 atom stereocenters. The van der Waals surface area contributed by atoms with E-state index >= 15 is 0 Å². The molecule has 0 saturated heterocycles. The summed E-state index contributed by atoms with van der Waals surface area (Å²) in [5.74, 6) is -3.11. The van der Waals surface area contributed by atoms with Crippen molar-refractivity contribution >= 4 is 11.4 Å². The van der Waals surface area contributed by atoms with Gasteiger partial charge in [-0.15, -0.1) is 0 Å². The summed E-state index contributed by atoms with van der Waals surface area (Å²) in [6.07, 6.45) is 0. The number of methoxy groups -OCH3 is 1. The first-order valence-electron chi connectivity index (χ1n) is 4.94. The maximum atomic E-state index is 12.8. The number of halogens is 2. The molecule has 6 nitrogen and oxygen atoms in total. The molecule has 0 unspecified atom stereocenters. The molecular formula is C10H12F2N2O4. The minimum atomic E-state index is -3.29. The van der Waals surface area contributed by atoms with Crippen LogP contribution in [0, 0.1) is 10.1 Å². The number of benzene rings is 1. The van der Waals surface area contributed by atoms with Crippen LogP contribution >= 0.6 is 0 Å². The van der Waals surface area contributed by atoms with Crippen LogP contribution in [0.25, 0.3) is 0 Å². The average molecular weight is 262 g/mol. The number of hydrogen-bond donors (Lipinski definition) is 2. The zero-order valence-corrected chi connectivity index (χ0v) is 9.52. The van der Waals surface area contributed by atoms with Crippen molar-refractivity contribution in [1.29, 1.82) is 0 Å². The summed E-state index contributed by atoms with van der Waals surface area (Å²) in [5.41, 5.74) is -0.154. The van der Waals surface area contributed by atoms with Crippen LogP contribution < -0.4 is 10.1 Å². The van der Waals surface area contributed by atoms with Crippen molar-refractivity contribution < 1.29 is 23.5 Å². The molecule has 0 aromatic heterocycles. The van der Waals surface area contributed by atoms with Gasteiger partial charge in [0.25, 0.3) is 11.6 Å². The second-order valence-electron chi connectivity index (χ2n) is 3.54. The molecule has 0 amide bonds. The molecule has 0 radical (unpaired) electrons. The quantitative estimate of drug-likeness (QED) is 0.601. The van der Waals surface area contributed by atoms with Crippen LogP contribution in [0.3, 0.4) is 0 Å². The lowest BCUT2D eigenvalue weighted by molar-refractivity contribution is -0.384. The van der Waals surface area contributed by atoms with Gasteiger partial charge in [-0.1, -0.05) is 0 Å². The van der Waals surface area contributed by atoms with Gasteiger partial charge in [0.15, 0.2) is 0 Å². The van der Waals surface area contributed by atoms with Crippen molar-refractivity contribution in [2.75, 3.05) is 25.6 Å². The molecule has 18 heavy (non-hydrogen) atoms. The van der Waals surface area contributed by atoms with E-state index in [9.17, 15) is 18.9 Å². The minimum Gasteiger partial charge on any atom is -0.496 e. The Morgan fingerprint density at radius 3 is 2.67 bits per heavy atom. The Morgan fingerprint density at radius 1 is 1.50 bits per heavy atom. The van der Waals surface area contributed by atoms with Crippen molar-refractivity contribution in [3.05, 3.63) is 28.3 Å². The number of nitro benzene ring substituents is 1. The van der Waals surface area contributed by atoms with E-state index in [4.69, 9.17) is 9.84 Å². The predicted octanol–water partition coefficient (Wildman–Crippen LogP) is 1.64. The van der Waals surface area contributed by atoms with Crippen LogP contribution in [0.1, 0.15) is 0 Å². The molecule has 0 spiro atoms. The lowest BCUT2D eigenvalue weighted by Crippen LogP contribution is -2.31. The van der Waals surface area contributed by atoms with Gasteiger partial charge in [0.1, 0.15) is 12.4 Å². The fourth-order valence-corrected chi connectivity index (χ4v) is 1.20. The summed E-state index contributed by atoms with van der Waals surface area (Å²) in [6.45, 7) is -2.13. The molecule has 2 N–H and O–H groups in total. The van der Waals surface area contributed by atoms with E-state index in [0.29, 0.717) is 0 Å². The Balaban J connectivity index is 2.88. The van der Waals surface area contributed by atoms with Crippen LogP contribution in [0.15, 0.2) is 18.2 Å². The van der Waals surface area contributed by atoms with Gasteiger partial charge in [0.2, 0.25) is 0 Å². The van der Waals surface area contributed by atoms with E-state index in [1.165, 1.54) is 19.2 Å². The van der Waals surface area contributed by atoms with Crippen LogP contribution in [0.2, 0.25) is 0 Å². The molecular weight excluding hydrogens is 250 g/mol. The van der Waals surface area contributed by atoms with Gasteiger partial charge >= 0.3 is 0 Å². The van der Waals surface area contributed by atoms with E-state index in [1.54, 1.807) is 0 Å². The number of nitrogens with zero attached hydrogens (tertiary/aromatic N) is 1. The Bertz CT molecular complexity index is 440. The highest BCUT2D eigenvalue weighted by Crippen LogP contribution is 2.26. The summed E-state index contributed by atoms with van der Waals surface area (Å²) in [4.78, 5) is 9.96. The predicted molar refractivity (Wildman–Crippen MR) is 60.2 cm³/mol. The molecule has 0 aliphatic rings. The number of nitrogens with one attached hydrogen (secondary N) is 1. The molecule has 8 heteroatoms. The Labute approximate surface area is 101 Å². The maximum absolute atomic E-state index is 12.8. The number of non-ortho nitro benzene ring substituents is 1. The van der Waals surface area contributed by atoms with Gasteiger partial charge in [-0.3, -0.25) is 10.1 Å². The van der Waals surface area contributed by atoms with E-state index in [0.717, 1.165) is 6.07 Å². The van der Waals surface area contributed by atoms with Crippen LogP contribution in [-0.2, 0) is 0 Å². The third-order valence-electron chi connectivity index (χ3n) is 2.12. The number of aliphatic hydroxyl groups is 1. The smallest absolute Gasteiger partial charge is 0.287 e. The second kappa shape index (κ2) is 5.58. The lowest BCUT2D eigenvalue weighted by atomic mass is 10.2. The Morgan fingerprint density at radius 2 is 2.17 bits per heavy atom. The Kier molecular flexibility index (Phi) is 4.38. The van der Waals surface area contributed by atoms with E-state index in [2.05, 4.69) is 5.32 Å². The Hall–Kier alpha value is -1.96. The minimum absolute atomic E-state index is 0.120. The molecule has 1 aromatic carbocycles. The normalized spacial score (nSPS) is 11.1. The van der Waals surface area contributed by atoms with Crippen molar-refractivity contribution in [3.63, 3.8) is 0 Å². The van der Waals surface area contributed by atoms with Gasteiger partial charge in [0.05, 0.1) is 24.6 Å². The standard InChI is InChI=1S/C10H12F2N2O4/c1-18-9-3-7(2-8(4-9)14(16)17)13-5-10(11,12)6-15/h2-4,13,15H,5-6H2,1H3. The summed E-state index contributed by atoms with van der Waals surface area (Å²) < 4.78 is 30.4. The molecule has 0 fully saturated rings. The first-order chi connectivity index (χ1) is 8.38. The number of aliphatic hydroxyl groups excluding tert-OH is 1. The number of ether oxygens (including phenoxy) is 1. The van der Waals surface area contributed by atoms with Crippen molar-refractivity contribution in [1.82, 2.24) is 0 Å². The first kappa shape index (κ1) is 14.1. The lowest BCUT2D eigenvalue weighted by Gasteiger charge is -2.15. The molecule has 0 heterocycles. The largest absolute Gasteiger partial charge is 0.496 e. The highest BCUT2D eigenvalue weighted by atomic mass is 19.3. The van der Waals surface area contributed by atoms with Gasteiger partial charge in [0, 0.05) is 17.8 Å².